The van der Waals surface area contributed by atoms with Gasteiger partial charge in [-0.3, -0.25) is 0 Å². The van der Waals surface area contributed by atoms with E-state index in [2.05, 4.69) is 0 Å². The van der Waals surface area contributed by atoms with E-state index in [1.54, 1.807) is 30.3 Å². The molecule has 0 atom stereocenters. The van der Waals surface area contributed by atoms with E-state index in [1.807, 2.05) is 0 Å². The predicted octanol–water partition coefficient (Wildman–Crippen LogP) is 4.74. The van der Waals surface area contributed by atoms with Gasteiger partial charge in [-0.2, -0.15) is 18.4 Å². The molecule has 0 saturated heterocycles. The van der Waals surface area contributed by atoms with Crippen molar-refractivity contribution in [3.8, 4) is 11.8 Å². The number of nitrogens with zero attached hydrogens (tertiary/aromatic N) is 1. The van der Waals surface area contributed by atoms with E-state index in [-0.39, 0.29) is 5.56 Å². The molecule has 0 spiro atoms. The van der Waals surface area contributed by atoms with Crippen molar-refractivity contribution < 1.29 is 17.9 Å². The Labute approximate surface area is 124 Å². The summed E-state index contributed by atoms with van der Waals surface area (Å²) in [5, 5.41) is 9.03. The minimum Gasteiger partial charge on any atom is -0.497 e. The third-order valence-electron chi connectivity index (χ3n) is 2.70. The Morgan fingerprint density at radius 3 is 2.52 bits per heavy atom. The van der Waals surface area contributed by atoms with E-state index in [4.69, 9.17) is 10.00 Å². The molecule has 0 fully saturated rings. The van der Waals surface area contributed by atoms with Crippen LogP contribution < -0.4 is 4.74 Å². The smallest absolute Gasteiger partial charge is 0.416 e. The molecule has 0 aliphatic rings. The Bertz CT molecular complexity index is 692. The number of halogens is 3. The Balaban J connectivity index is 2.34. The average Bonchev–Trinajstić information content (AvgIpc) is 2.46. The number of methoxy groups -OCH3 is 1. The van der Waals surface area contributed by atoms with Gasteiger partial charge in [-0.1, -0.05) is 17.8 Å². The minimum absolute atomic E-state index is 0.00218. The van der Waals surface area contributed by atoms with Crippen LogP contribution in [0.5, 0.6) is 5.75 Å². The summed E-state index contributed by atoms with van der Waals surface area (Å²) in [6.07, 6.45) is -4.45. The summed E-state index contributed by atoms with van der Waals surface area (Å²) in [6, 6.07) is 12.0. The van der Waals surface area contributed by atoms with Crippen LogP contribution in [0.15, 0.2) is 52.3 Å². The molecular weight excluding hydrogens is 299 g/mol. The molecule has 0 radical (unpaired) electrons. The molecule has 0 unspecified atom stereocenters. The van der Waals surface area contributed by atoms with Gasteiger partial charge in [0.05, 0.1) is 18.2 Å². The van der Waals surface area contributed by atoms with E-state index < -0.39 is 11.7 Å². The molecule has 0 aliphatic heterocycles. The molecule has 108 valence electrons. The van der Waals surface area contributed by atoms with Crippen molar-refractivity contribution in [2.75, 3.05) is 7.11 Å². The van der Waals surface area contributed by atoms with Crippen molar-refractivity contribution in [2.24, 2.45) is 0 Å². The quantitative estimate of drug-likeness (QED) is 0.821. The molecule has 2 rings (SSSR count). The Morgan fingerprint density at radius 1 is 1.14 bits per heavy atom. The first-order chi connectivity index (χ1) is 9.94. The highest BCUT2D eigenvalue weighted by Crippen LogP contribution is 2.36. The van der Waals surface area contributed by atoms with Gasteiger partial charge in [0.25, 0.3) is 0 Å². The van der Waals surface area contributed by atoms with Crippen LogP contribution in [-0.4, -0.2) is 7.11 Å². The molecule has 6 heteroatoms. The van der Waals surface area contributed by atoms with E-state index in [1.165, 1.54) is 24.9 Å². The number of hydrogen-bond acceptors (Lipinski definition) is 3. The highest BCUT2D eigenvalue weighted by molar-refractivity contribution is 7.99. The first kappa shape index (κ1) is 15.3. The summed E-state index contributed by atoms with van der Waals surface area (Å²) < 4.78 is 43.0. The molecule has 0 saturated carbocycles. The van der Waals surface area contributed by atoms with Gasteiger partial charge in [0.1, 0.15) is 11.8 Å². The Kier molecular flexibility index (Phi) is 4.43. The van der Waals surface area contributed by atoms with Gasteiger partial charge in [0, 0.05) is 9.79 Å². The van der Waals surface area contributed by atoms with Gasteiger partial charge in [0.15, 0.2) is 0 Å². The topological polar surface area (TPSA) is 33.0 Å². The molecular formula is C15H10F3NOS. The summed E-state index contributed by atoms with van der Waals surface area (Å²) >= 11 is 1.22. The van der Waals surface area contributed by atoms with Crippen molar-refractivity contribution in [1.29, 1.82) is 5.26 Å². The lowest BCUT2D eigenvalue weighted by Gasteiger charge is -2.10. The Hall–Kier alpha value is -2.13. The van der Waals surface area contributed by atoms with E-state index in [0.717, 1.165) is 17.0 Å². The van der Waals surface area contributed by atoms with Gasteiger partial charge in [-0.15, -0.1) is 0 Å². The highest BCUT2D eigenvalue weighted by Gasteiger charge is 2.31. The van der Waals surface area contributed by atoms with Gasteiger partial charge in [-0.05, 0) is 36.4 Å². The summed E-state index contributed by atoms with van der Waals surface area (Å²) in [7, 11) is 1.53. The van der Waals surface area contributed by atoms with Crippen LogP contribution >= 0.6 is 11.8 Å². The molecule has 21 heavy (non-hydrogen) atoms. The SMILES string of the molecule is COc1cccc(Sc2ccc(C(F)(F)F)cc2C#N)c1. The standard InChI is InChI=1S/C15H10F3NOS/c1-20-12-3-2-4-13(8-12)21-14-6-5-11(15(16,17)18)7-10(14)9-19/h2-8H,1H3. The normalized spacial score (nSPS) is 11.0. The molecule has 0 N–H and O–H groups in total. The fourth-order valence-electron chi connectivity index (χ4n) is 1.67. The summed E-state index contributed by atoms with van der Waals surface area (Å²) in [6.45, 7) is 0. The fourth-order valence-corrected chi connectivity index (χ4v) is 2.60. The summed E-state index contributed by atoms with van der Waals surface area (Å²) in [5.74, 6) is 0.644. The molecule has 2 aromatic carbocycles. The third-order valence-corrected chi connectivity index (χ3v) is 3.76. The van der Waals surface area contributed by atoms with Gasteiger partial charge >= 0.3 is 6.18 Å². The Morgan fingerprint density at radius 2 is 1.90 bits per heavy atom. The second kappa shape index (κ2) is 6.10. The number of ether oxygens (including phenoxy) is 1. The molecule has 2 aromatic rings. The van der Waals surface area contributed by atoms with E-state index in [0.29, 0.717) is 10.6 Å². The zero-order valence-corrected chi connectivity index (χ0v) is 11.8. The molecule has 0 heterocycles. The van der Waals surface area contributed by atoms with Crippen LogP contribution in [0.4, 0.5) is 13.2 Å². The second-order valence-corrected chi connectivity index (χ2v) is 5.22. The van der Waals surface area contributed by atoms with Crippen LogP contribution in [0, 0.1) is 11.3 Å². The first-order valence-electron chi connectivity index (χ1n) is 5.87. The van der Waals surface area contributed by atoms with Crippen molar-refractivity contribution in [3.05, 3.63) is 53.6 Å². The van der Waals surface area contributed by atoms with Crippen molar-refractivity contribution in [1.82, 2.24) is 0 Å². The second-order valence-electron chi connectivity index (χ2n) is 4.10. The molecule has 0 amide bonds. The maximum Gasteiger partial charge on any atom is 0.416 e. The average molecular weight is 309 g/mol. The third kappa shape index (κ3) is 3.70. The van der Waals surface area contributed by atoms with Crippen LogP contribution in [0.1, 0.15) is 11.1 Å². The minimum atomic E-state index is -4.45. The number of nitriles is 1. The lowest BCUT2D eigenvalue weighted by atomic mass is 10.1. The van der Waals surface area contributed by atoms with Gasteiger partial charge in [0.2, 0.25) is 0 Å². The lowest BCUT2D eigenvalue weighted by molar-refractivity contribution is -0.137. The molecule has 0 aliphatic carbocycles. The van der Waals surface area contributed by atoms with Gasteiger partial charge < -0.3 is 4.74 Å². The fraction of sp³-hybridized carbons (Fsp3) is 0.133. The number of benzene rings is 2. The van der Waals surface area contributed by atoms with E-state index in [9.17, 15) is 13.2 Å². The van der Waals surface area contributed by atoms with Crippen molar-refractivity contribution in [3.63, 3.8) is 0 Å². The van der Waals surface area contributed by atoms with Crippen LogP contribution in [0.3, 0.4) is 0 Å². The van der Waals surface area contributed by atoms with Crippen LogP contribution in [-0.2, 0) is 6.18 Å². The monoisotopic (exact) mass is 309 g/mol. The molecule has 2 nitrogen and oxygen atoms in total. The largest absolute Gasteiger partial charge is 0.497 e. The number of alkyl halides is 3. The van der Waals surface area contributed by atoms with Crippen molar-refractivity contribution in [2.45, 2.75) is 16.0 Å². The van der Waals surface area contributed by atoms with Crippen LogP contribution in [0.25, 0.3) is 0 Å². The van der Waals surface area contributed by atoms with Gasteiger partial charge in [-0.25, -0.2) is 0 Å². The first-order valence-corrected chi connectivity index (χ1v) is 6.69. The van der Waals surface area contributed by atoms with E-state index >= 15 is 0 Å². The number of rotatable bonds is 3. The molecule has 0 aromatic heterocycles. The summed E-state index contributed by atoms with van der Waals surface area (Å²) in [5.41, 5.74) is -0.827. The van der Waals surface area contributed by atoms with Crippen LogP contribution in [0.2, 0.25) is 0 Å². The lowest BCUT2D eigenvalue weighted by Crippen LogP contribution is -2.05. The maximum atomic E-state index is 12.6. The molecule has 0 bridgehead atoms. The number of hydrogen-bond donors (Lipinski definition) is 0. The summed E-state index contributed by atoms with van der Waals surface area (Å²) in [4.78, 5) is 1.25. The highest BCUT2D eigenvalue weighted by atomic mass is 32.2. The van der Waals surface area contributed by atoms with Crippen molar-refractivity contribution >= 4 is 11.8 Å². The predicted molar refractivity (Wildman–Crippen MR) is 73.3 cm³/mol. The maximum absolute atomic E-state index is 12.6. The zero-order valence-electron chi connectivity index (χ0n) is 10.9. The zero-order chi connectivity index (χ0) is 15.5.